The lowest BCUT2D eigenvalue weighted by atomic mass is 10.1. The van der Waals surface area contributed by atoms with Crippen molar-refractivity contribution in [1.29, 1.82) is 0 Å². The second kappa shape index (κ2) is 5.93. The lowest BCUT2D eigenvalue weighted by Gasteiger charge is -2.11. The van der Waals surface area contributed by atoms with Gasteiger partial charge in [0.2, 0.25) is 0 Å². The Bertz CT molecular complexity index is 592. The highest BCUT2D eigenvalue weighted by Gasteiger charge is 2.09. The summed E-state index contributed by atoms with van der Waals surface area (Å²) < 4.78 is 15.3. The molecular weight excluding hydrogens is 261 g/mol. The molecule has 0 saturated heterocycles. The van der Waals surface area contributed by atoms with Crippen LogP contribution in [0, 0.1) is 5.82 Å². The van der Waals surface area contributed by atoms with E-state index in [1.54, 1.807) is 12.3 Å². The zero-order valence-corrected chi connectivity index (χ0v) is 11.6. The summed E-state index contributed by atoms with van der Waals surface area (Å²) in [6.45, 7) is 2.71. The van der Waals surface area contributed by atoms with E-state index < -0.39 is 0 Å². The van der Waals surface area contributed by atoms with Crippen molar-refractivity contribution < 1.29 is 4.39 Å². The second-order valence-electron chi connectivity index (χ2n) is 4.39. The fourth-order valence-electron chi connectivity index (χ4n) is 2.04. The van der Waals surface area contributed by atoms with Crippen LogP contribution in [-0.4, -0.2) is 14.5 Å². The summed E-state index contributed by atoms with van der Waals surface area (Å²) in [7, 11) is 0. The second-order valence-corrected chi connectivity index (χ2v) is 4.83. The van der Waals surface area contributed by atoms with Crippen LogP contribution >= 0.6 is 12.2 Å². The molecule has 19 heavy (non-hydrogen) atoms. The maximum absolute atomic E-state index is 13.3. The molecular formula is C14H16FN3S. The van der Waals surface area contributed by atoms with Crippen molar-refractivity contribution in [2.75, 3.05) is 0 Å². The molecule has 2 rings (SSSR count). The Kier molecular flexibility index (Phi) is 4.27. The topological polar surface area (TPSA) is 43.8 Å². The Labute approximate surface area is 117 Å². The van der Waals surface area contributed by atoms with Crippen molar-refractivity contribution in [2.45, 2.75) is 26.3 Å². The minimum Gasteiger partial charge on any atom is -0.389 e. The molecule has 0 aliphatic carbocycles. The quantitative estimate of drug-likeness (QED) is 0.855. The average molecular weight is 277 g/mol. The number of aryl methyl sites for hydroxylation is 1. The molecule has 2 aromatic rings. The van der Waals surface area contributed by atoms with Crippen LogP contribution in [0.1, 0.15) is 30.3 Å². The van der Waals surface area contributed by atoms with E-state index in [1.807, 2.05) is 10.8 Å². The highest BCUT2D eigenvalue weighted by molar-refractivity contribution is 7.80. The molecule has 100 valence electrons. The molecule has 3 nitrogen and oxygen atoms in total. The summed E-state index contributed by atoms with van der Waals surface area (Å²) in [6.07, 6.45) is 5.63. The third kappa shape index (κ3) is 3.17. The number of rotatable bonds is 5. The maximum Gasteiger partial charge on any atom is 0.123 e. The fraction of sp³-hybridized carbons (Fsp3) is 0.286. The van der Waals surface area contributed by atoms with Crippen LogP contribution in [-0.2, 0) is 13.0 Å². The molecule has 0 unspecified atom stereocenters. The Morgan fingerprint density at radius 2 is 2.26 bits per heavy atom. The predicted octanol–water partition coefficient (Wildman–Crippen LogP) is 2.66. The molecule has 0 saturated carbocycles. The predicted molar refractivity (Wildman–Crippen MR) is 77.6 cm³/mol. The number of halogens is 1. The van der Waals surface area contributed by atoms with E-state index in [2.05, 4.69) is 11.9 Å². The highest BCUT2D eigenvalue weighted by Crippen LogP contribution is 2.14. The van der Waals surface area contributed by atoms with Crippen molar-refractivity contribution in [1.82, 2.24) is 9.55 Å². The van der Waals surface area contributed by atoms with Crippen LogP contribution in [0.5, 0.6) is 0 Å². The number of hydrogen-bond donors (Lipinski definition) is 1. The van der Waals surface area contributed by atoms with Crippen molar-refractivity contribution >= 4 is 17.2 Å². The minimum absolute atomic E-state index is 0.214. The van der Waals surface area contributed by atoms with Gasteiger partial charge in [-0.15, -0.1) is 0 Å². The monoisotopic (exact) mass is 277 g/mol. The van der Waals surface area contributed by atoms with E-state index in [4.69, 9.17) is 18.0 Å². The van der Waals surface area contributed by atoms with Gasteiger partial charge in [0.05, 0.1) is 0 Å². The minimum atomic E-state index is -0.328. The molecule has 0 amide bonds. The van der Waals surface area contributed by atoms with E-state index >= 15 is 0 Å². The molecule has 1 heterocycles. The molecule has 2 N–H and O–H groups in total. The molecule has 0 radical (unpaired) electrons. The van der Waals surface area contributed by atoms with Crippen LogP contribution in [0.15, 0.2) is 30.6 Å². The van der Waals surface area contributed by atoms with Crippen molar-refractivity contribution in [3.05, 3.63) is 53.4 Å². The van der Waals surface area contributed by atoms with Gasteiger partial charge in [-0.25, -0.2) is 9.37 Å². The van der Waals surface area contributed by atoms with Gasteiger partial charge >= 0.3 is 0 Å². The van der Waals surface area contributed by atoms with Crippen LogP contribution in [0.3, 0.4) is 0 Å². The summed E-state index contributed by atoms with van der Waals surface area (Å²) in [5.41, 5.74) is 7.14. The van der Waals surface area contributed by atoms with Gasteiger partial charge in [0.25, 0.3) is 0 Å². The molecule has 1 aromatic heterocycles. The summed E-state index contributed by atoms with van der Waals surface area (Å²) in [5.74, 6) is 0.687. The Balaban J connectivity index is 2.32. The Hall–Kier alpha value is -1.75. The lowest BCUT2D eigenvalue weighted by Crippen LogP contribution is -2.15. The zero-order chi connectivity index (χ0) is 13.8. The fourth-order valence-corrected chi connectivity index (χ4v) is 2.23. The van der Waals surface area contributed by atoms with Gasteiger partial charge in [0.1, 0.15) is 16.6 Å². The largest absolute Gasteiger partial charge is 0.389 e. The molecule has 0 aliphatic rings. The first kappa shape index (κ1) is 13.7. The van der Waals surface area contributed by atoms with Gasteiger partial charge in [-0.05, 0) is 24.1 Å². The van der Waals surface area contributed by atoms with E-state index in [9.17, 15) is 4.39 Å². The third-order valence-corrected chi connectivity index (χ3v) is 3.17. The SMILES string of the molecule is CCCc1nccn1Cc1ccc(F)cc1C(N)=S. The van der Waals surface area contributed by atoms with E-state index in [0.29, 0.717) is 12.1 Å². The Morgan fingerprint density at radius 3 is 2.95 bits per heavy atom. The molecule has 5 heteroatoms. The molecule has 0 spiro atoms. The van der Waals surface area contributed by atoms with Gasteiger partial charge < -0.3 is 10.3 Å². The number of nitrogens with zero attached hydrogens (tertiary/aromatic N) is 2. The molecule has 0 bridgehead atoms. The van der Waals surface area contributed by atoms with E-state index in [-0.39, 0.29) is 10.8 Å². The van der Waals surface area contributed by atoms with Crippen molar-refractivity contribution in [2.24, 2.45) is 5.73 Å². The standard InChI is InChI=1S/C14H16FN3S/c1-2-3-13-17-6-7-18(13)9-10-4-5-11(15)8-12(10)14(16)19/h4-8H,2-3,9H2,1H3,(H2,16,19). The average Bonchev–Trinajstić information content (AvgIpc) is 2.79. The van der Waals surface area contributed by atoms with Gasteiger partial charge in [0, 0.05) is 30.9 Å². The van der Waals surface area contributed by atoms with E-state index in [1.165, 1.54) is 12.1 Å². The van der Waals surface area contributed by atoms with Gasteiger partial charge in [-0.2, -0.15) is 0 Å². The highest BCUT2D eigenvalue weighted by atomic mass is 32.1. The first-order valence-electron chi connectivity index (χ1n) is 6.20. The summed E-state index contributed by atoms with van der Waals surface area (Å²) in [4.78, 5) is 4.53. The Morgan fingerprint density at radius 1 is 1.47 bits per heavy atom. The maximum atomic E-state index is 13.3. The van der Waals surface area contributed by atoms with Crippen molar-refractivity contribution in [3.8, 4) is 0 Å². The van der Waals surface area contributed by atoms with Gasteiger partial charge in [0.15, 0.2) is 0 Å². The van der Waals surface area contributed by atoms with Gasteiger partial charge in [-0.3, -0.25) is 0 Å². The van der Waals surface area contributed by atoms with Crippen molar-refractivity contribution in [3.63, 3.8) is 0 Å². The number of nitrogens with two attached hydrogens (primary N) is 1. The number of thiocarbonyl (C=S) groups is 1. The lowest BCUT2D eigenvalue weighted by molar-refractivity contribution is 0.625. The van der Waals surface area contributed by atoms with Crippen LogP contribution < -0.4 is 5.73 Å². The number of benzene rings is 1. The van der Waals surface area contributed by atoms with Crippen LogP contribution in [0.25, 0.3) is 0 Å². The first-order chi connectivity index (χ1) is 9.11. The number of hydrogen-bond acceptors (Lipinski definition) is 2. The van der Waals surface area contributed by atoms with Gasteiger partial charge in [-0.1, -0.05) is 25.2 Å². The summed E-state index contributed by atoms with van der Waals surface area (Å²) >= 11 is 4.98. The molecule has 0 atom stereocenters. The normalized spacial score (nSPS) is 10.6. The van der Waals surface area contributed by atoms with Crippen LogP contribution in [0.2, 0.25) is 0 Å². The number of aromatic nitrogens is 2. The molecule has 1 aromatic carbocycles. The third-order valence-electron chi connectivity index (χ3n) is 2.95. The molecule has 0 fully saturated rings. The molecule has 0 aliphatic heterocycles. The smallest absolute Gasteiger partial charge is 0.123 e. The van der Waals surface area contributed by atoms with E-state index in [0.717, 1.165) is 24.2 Å². The van der Waals surface area contributed by atoms with Crippen LogP contribution in [0.4, 0.5) is 4.39 Å². The first-order valence-corrected chi connectivity index (χ1v) is 6.61. The summed E-state index contributed by atoms with van der Waals surface area (Å²) in [6, 6.07) is 4.53. The summed E-state index contributed by atoms with van der Waals surface area (Å²) in [5, 5.41) is 0. The zero-order valence-electron chi connectivity index (χ0n) is 10.8. The number of imidazole rings is 1.